The van der Waals surface area contributed by atoms with E-state index in [2.05, 4.69) is 14.5 Å². The molecule has 1 saturated heterocycles. The van der Waals surface area contributed by atoms with Crippen molar-refractivity contribution < 1.29 is 9.59 Å². The van der Waals surface area contributed by atoms with Crippen molar-refractivity contribution in [2.24, 2.45) is 0 Å². The van der Waals surface area contributed by atoms with Crippen LogP contribution in [0.3, 0.4) is 0 Å². The lowest BCUT2D eigenvalue weighted by Gasteiger charge is -2.32. The summed E-state index contributed by atoms with van der Waals surface area (Å²) in [6, 6.07) is 14.0. The van der Waals surface area contributed by atoms with E-state index < -0.39 is 11.0 Å². The Balaban J connectivity index is 1.54. The number of ketones is 1. The smallest absolute Gasteiger partial charge is 0.293 e. The van der Waals surface area contributed by atoms with Gasteiger partial charge in [0.25, 0.3) is 5.24 Å². The Morgan fingerprint density at radius 1 is 1.07 bits per heavy atom. The zero-order chi connectivity index (χ0) is 18.8. The highest BCUT2D eigenvalue weighted by Crippen LogP contribution is 2.31. The van der Waals surface area contributed by atoms with Crippen LogP contribution in [0.2, 0.25) is 0 Å². The SMILES string of the molecule is O=C(Cl)C(=O)c1cn(C2CCN(Cc3ccccn3)CC2)c2ccccc12. The van der Waals surface area contributed by atoms with Crippen LogP contribution < -0.4 is 0 Å². The molecule has 1 aliphatic heterocycles. The summed E-state index contributed by atoms with van der Waals surface area (Å²) < 4.78 is 2.14. The molecule has 138 valence electrons. The number of Topliss-reactive ketones (excluding diaryl/α,β-unsaturated/α-hetero) is 1. The molecular weight excluding hydrogens is 362 g/mol. The van der Waals surface area contributed by atoms with Gasteiger partial charge in [0.15, 0.2) is 0 Å². The summed E-state index contributed by atoms with van der Waals surface area (Å²) in [4.78, 5) is 30.4. The highest BCUT2D eigenvalue weighted by molar-refractivity contribution is 6.83. The van der Waals surface area contributed by atoms with E-state index in [1.165, 1.54) is 0 Å². The second-order valence-corrected chi connectivity index (χ2v) is 7.24. The van der Waals surface area contributed by atoms with Crippen LogP contribution in [0.5, 0.6) is 0 Å². The fourth-order valence-corrected chi connectivity index (χ4v) is 3.97. The number of nitrogens with zero attached hydrogens (tertiary/aromatic N) is 3. The third-order valence-electron chi connectivity index (χ3n) is 5.23. The van der Waals surface area contributed by atoms with Gasteiger partial charge in [0.2, 0.25) is 5.78 Å². The Hall–Kier alpha value is -2.50. The number of benzene rings is 1. The first-order chi connectivity index (χ1) is 13.1. The van der Waals surface area contributed by atoms with E-state index in [0.29, 0.717) is 11.6 Å². The summed E-state index contributed by atoms with van der Waals surface area (Å²) in [7, 11) is 0. The number of fused-ring (bicyclic) bond motifs is 1. The molecule has 0 unspecified atom stereocenters. The Labute approximate surface area is 162 Å². The minimum atomic E-state index is -0.942. The van der Waals surface area contributed by atoms with Crippen molar-refractivity contribution >= 4 is 33.5 Å². The Bertz CT molecular complexity index is 976. The predicted molar refractivity (Wildman–Crippen MR) is 105 cm³/mol. The van der Waals surface area contributed by atoms with Crippen molar-refractivity contribution in [1.29, 1.82) is 0 Å². The van der Waals surface area contributed by atoms with Crippen molar-refractivity contribution in [1.82, 2.24) is 14.5 Å². The number of hydrogen-bond acceptors (Lipinski definition) is 4. The van der Waals surface area contributed by atoms with E-state index in [4.69, 9.17) is 11.6 Å². The molecule has 1 aromatic carbocycles. The van der Waals surface area contributed by atoms with Gasteiger partial charge in [-0.3, -0.25) is 19.5 Å². The summed E-state index contributed by atoms with van der Waals surface area (Å²) >= 11 is 5.44. The van der Waals surface area contributed by atoms with Crippen LogP contribution in [-0.2, 0) is 11.3 Å². The molecule has 3 heterocycles. The standard InChI is InChI=1S/C21H20ClN3O2/c22-21(27)20(26)18-14-25(19-7-2-1-6-17(18)19)16-8-11-24(12-9-16)13-15-5-3-4-10-23-15/h1-7,10,14,16H,8-9,11-13H2. The fraction of sp³-hybridized carbons (Fsp3) is 0.286. The van der Waals surface area contributed by atoms with Crippen LogP contribution in [-0.4, -0.2) is 38.6 Å². The minimum Gasteiger partial charge on any atom is -0.344 e. The Morgan fingerprint density at radius 3 is 2.52 bits per heavy atom. The van der Waals surface area contributed by atoms with Gasteiger partial charge in [0, 0.05) is 49.0 Å². The predicted octanol–water partition coefficient (Wildman–Crippen LogP) is 3.82. The molecule has 27 heavy (non-hydrogen) atoms. The minimum absolute atomic E-state index is 0.293. The molecule has 0 bridgehead atoms. The number of rotatable bonds is 5. The summed E-state index contributed by atoms with van der Waals surface area (Å²) in [5.41, 5.74) is 2.44. The van der Waals surface area contributed by atoms with Crippen molar-refractivity contribution in [3.05, 3.63) is 66.1 Å². The van der Waals surface area contributed by atoms with Gasteiger partial charge in [0.1, 0.15) is 0 Å². The highest BCUT2D eigenvalue weighted by Gasteiger charge is 2.25. The van der Waals surface area contributed by atoms with Gasteiger partial charge >= 0.3 is 0 Å². The second-order valence-electron chi connectivity index (χ2n) is 6.90. The average molecular weight is 382 g/mol. The van der Waals surface area contributed by atoms with Crippen LogP contribution in [0.25, 0.3) is 10.9 Å². The summed E-state index contributed by atoms with van der Waals surface area (Å²) in [5.74, 6) is -0.640. The molecule has 3 aromatic rings. The first-order valence-electron chi connectivity index (χ1n) is 9.09. The molecule has 1 fully saturated rings. The van der Waals surface area contributed by atoms with E-state index in [0.717, 1.165) is 49.1 Å². The molecule has 4 rings (SSSR count). The second kappa shape index (κ2) is 7.62. The van der Waals surface area contributed by atoms with Crippen LogP contribution in [0.15, 0.2) is 54.9 Å². The molecule has 2 aromatic heterocycles. The molecule has 5 nitrogen and oxygen atoms in total. The lowest BCUT2D eigenvalue weighted by molar-refractivity contribution is -0.108. The maximum absolute atomic E-state index is 12.2. The number of likely N-dealkylation sites (tertiary alicyclic amines) is 1. The topological polar surface area (TPSA) is 55.2 Å². The largest absolute Gasteiger partial charge is 0.344 e. The van der Waals surface area contributed by atoms with Gasteiger partial charge in [-0.25, -0.2) is 0 Å². The normalized spacial score (nSPS) is 15.9. The Morgan fingerprint density at radius 2 is 1.81 bits per heavy atom. The third kappa shape index (κ3) is 3.66. The number of hydrogen-bond donors (Lipinski definition) is 0. The van der Waals surface area contributed by atoms with Gasteiger partial charge in [-0.2, -0.15) is 0 Å². The van der Waals surface area contributed by atoms with Crippen molar-refractivity contribution in [2.45, 2.75) is 25.4 Å². The third-order valence-corrected chi connectivity index (χ3v) is 5.40. The van der Waals surface area contributed by atoms with E-state index in [9.17, 15) is 9.59 Å². The van der Waals surface area contributed by atoms with Crippen LogP contribution in [0, 0.1) is 0 Å². The zero-order valence-electron chi connectivity index (χ0n) is 14.8. The summed E-state index contributed by atoms with van der Waals surface area (Å²) in [5, 5.41) is -0.157. The van der Waals surface area contributed by atoms with Crippen LogP contribution in [0.1, 0.15) is 34.9 Å². The number of carbonyl (C=O) groups is 2. The number of halogens is 1. The number of pyridine rings is 1. The van der Waals surface area contributed by atoms with E-state index in [1.54, 1.807) is 6.20 Å². The molecule has 6 heteroatoms. The zero-order valence-corrected chi connectivity index (χ0v) is 15.6. The molecule has 0 atom stereocenters. The first kappa shape index (κ1) is 17.9. The quantitative estimate of drug-likeness (QED) is 0.383. The number of para-hydroxylation sites is 1. The highest BCUT2D eigenvalue weighted by atomic mass is 35.5. The maximum atomic E-state index is 12.2. The van der Waals surface area contributed by atoms with E-state index >= 15 is 0 Å². The first-order valence-corrected chi connectivity index (χ1v) is 9.47. The number of aromatic nitrogens is 2. The number of piperidine rings is 1. The molecular formula is C21H20ClN3O2. The van der Waals surface area contributed by atoms with Crippen LogP contribution >= 0.6 is 11.6 Å². The average Bonchev–Trinajstić information content (AvgIpc) is 3.08. The summed E-state index contributed by atoms with van der Waals surface area (Å²) in [6.45, 7) is 2.78. The van der Waals surface area contributed by atoms with E-state index in [1.807, 2.05) is 48.7 Å². The monoisotopic (exact) mass is 381 g/mol. The summed E-state index contributed by atoms with van der Waals surface area (Å²) in [6.07, 6.45) is 5.58. The molecule has 0 N–H and O–H groups in total. The molecule has 0 amide bonds. The van der Waals surface area contributed by atoms with Gasteiger partial charge in [-0.1, -0.05) is 24.3 Å². The number of carbonyl (C=O) groups excluding carboxylic acids is 2. The van der Waals surface area contributed by atoms with Gasteiger partial charge in [-0.15, -0.1) is 0 Å². The lowest BCUT2D eigenvalue weighted by atomic mass is 10.0. The molecule has 0 saturated carbocycles. The van der Waals surface area contributed by atoms with Crippen LogP contribution in [0.4, 0.5) is 0 Å². The molecule has 0 aliphatic carbocycles. The van der Waals surface area contributed by atoms with Crippen molar-refractivity contribution in [3.8, 4) is 0 Å². The Kier molecular flexibility index (Phi) is 5.05. The van der Waals surface area contributed by atoms with Gasteiger partial charge in [0.05, 0.1) is 11.3 Å². The van der Waals surface area contributed by atoms with Crippen molar-refractivity contribution in [3.63, 3.8) is 0 Å². The fourth-order valence-electron chi connectivity index (χ4n) is 3.87. The molecule has 0 spiro atoms. The van der Waals surface area contributed by atoms with Crippen molar-refractivity contribution in [2.75, 3.05) is 13.1 Å². The maximum Gasteiger partial charge on any atom is 0.293 e. The lowest BCUT2D eigenvalue weighted by Crippen LogP contribution is -2.34. The van der Waals surface area contributed by atoms with Gasteiger partial charge in [-0.05, 0) is 42.6 Å². The molecule has 1 aliphatic rings. The van der Waals surface area contributed by atoms with Gasteiger partial charge < -0.3 is 4.57 Å². The van der Waals surface area contributed by atoms with E-state index in [-0.39, 0.29) is 0 Å². The molecule has 0 radical (unpaired) electrons.